The summed E-state index contributed by atoms with van der Waals surface area (Å²) in [5.74, 6) is 1.14. The number of likely N-dealkylation sites (tertiary alicyclic amines) is 1. The first-order valence-electron chi connectivity index (χ1n) is 7.43. The van der Waals surface area contributed by atoms with Crippen LogP contribution in [0.15, 0.2) is 18.2 Å². The van der Waals surface area contributed by atoms with Crippen molar-refractivity contribution in [2.24, 2.45) is 0 Å². The van der Waals surface area contributed by atoms with Gasteiger partial charge in [-0.05, 0) is 25.0 Å². The first kappa shape index (κ1) is 16.1. The van der Waals surface area contributed by atoms with E-state index in [2.05, 4.69) is 5.32 Å². The summed E-state index contributed by atoms with van der Waals surface area (Å²) >= 11 is 0. The molecule has 1 aromatic rings. The number of nitrogens with zero attached hydrogens (tertiary/aromatic N) is 1. The highest BCUT2D eigenvalue weighted by Crippen LogP contribution is 2.24. The highest BCUT2D eigenvalue weighted by Gasteiger charge is 2.19. The fraction of sp³-hybridized carbons (Fsp3) is 0.500. The molecule has 1 aliphatic rings. The number of ether oxygens (including phenoxy) is 2. The van der Waals surface area contributed by atoms with Gasteiger partial charge in [0.05, 0.1) is 19.8 Å². The summed E-state index contributed by atoms with van der Waals surface area (Å²) in [7, 11) is 3.08. The lowest BCUT2D eigenvalue weighted by atomic mass is 10.1. The third-order valence-electron chi connectivity index (χ3n) is 3.72. The van der Waals surface area contributed by atoms with Crippen LogP contribution in [0.25, 0.3) is 0 Å². The predicted octanol–water partition coefficient (Wildman–Crippen LogP) is 1.45. The number of methoxy groups -OCH3 is 2. The second-order valence-corrected chi connectivity index (χ2v) is 5.16. The first-order chi connectivity index (χ1) is 10.7. The number of amides is 2. The fourth-order valence-electron chi connectivity index (χ4n) is 2.49. The molecule has 1 fully saturated rings. The average molecular weight is 306 g/mol. The Balaban J connectivity index is 1.83. The molecule has 1 aliphatic heterocycles. The van der Waals surface area contributed by atoms with Crippen LogP contribution in [0.1, 0.15) is 29.6 Å². The predicted molar refractivity (Wildman–Crippen MR) is 82.3 cm³/mol. The highest BCUT2D eigenvalue weighted by atomic mass is 16.5. The Kier molecular flexibility index (Phi) is 5.63. The number of rotatable bonds is 7. The normalized spacial score (nSPS) is 14.1. The minimum Gasteiger partial charge on any atom is -0.497 e. The van der Waals surface area contributed by atoms with Gasteiger partial charge >= 0.3 is 0 Å². The van der Waals surface area contributed by atoms with Gasteiger partial charge in [0.1, 0.15) is 11.5 Å². The van der Waals surface area contributed by atoms with Crippen molar-refractivity contribution in [1.29, 1.82) is 0 Å². The van der Waals surface area contributed by atoms with Crippen LogP contribution in [0.2, 0.25) is 0 Å². The summed E-state index contributed by atoms with van der Waals surface area (Å²) in [6.45, 7) is 2.05. The Morgan fingerprint density at radius 3 is 2.77 bits per heavy atom. The maximum atomic E-state index is 12.2. The summed E-state index contributed by atoms with van der Waals surface area (Å²) in [6, 6.07) is 5.08. The van der Waals surface area contributed by atoms with Gasteiger partial charge < -0.3 is 19.7 Å². The zero-order chi connectivity index (χ0) is 15.9. The largest absolute Gasteiger partial charge is 0.497 e. The molecule has 1 heterocycles. The van der Waals surface area contributed by atoms with Crippen LogP contribution < -0.4 is 14.8 Å². The summed E-state index contributed by atoms with van der Waals surface area (Å²) < 4.78 is 10.3. The molecule has 0 saturated carbocycles. The Morgan fingerprint density at radius 1 is 1.32 bits per heavy atom. The fourth-order valence-corrected chi connectivity index (χ4v) is 2.49. The number of carbonyl (C=O) groups is 2. The molecule has 1 saturated heterocycles. The lowest BCUT2D eigenvalue weighted by molar-refractivity contribution is -0.127. The van der Waals surface area contributed by atoms with Gasteiger partial charge in [0.15, 0.2) is 0 Å². The molecule has 6 nitrogen and oxygen atoms in total. The van der Waals surface area contributed by atoms with Crippen molar-refractivity contribution in [2.45, 2.75) is 19.3 Å². The third-order valence-corrected chi connectivity index (χ3v) is 3.72. The van der Waals surface area contributed by atoms with E-state index >= 15 is 0 Å². The van der Waals surface area contributed by atoms with Crippen LogP contribution in [0, 0.1) is 0 Å². The van der Waals surface area contributed by atoms with E-state index in [-0.39, 0.29) is 11.8 Å². The van der Waals surface area contributed by atoms with E-state index in [1.54, 1.807) is 25.3 Å². The van der Waals surface area contributed by atoms with Crippen LogP contribution in [-0.2, 0) is 4.79 Å². The van der Waals surface area contributed by atoms with E-state index in [1.165, 1.54) is 7.11 Å². The molecule has 1 N–H and O–H groups in total. The standard InChI is InChI=1S/C16H22N2O4/c1-21-12-6-7-13(14(11-12)22-2)16(20)17-8-4-10-18-9-3-5-15(18)19/h6-7,11H,3-5,8-10H2,1-2H3,(H,17,20). The molecule has 0 bridgehead atoms. The van der Waals surface area contributed by atoms with E-state index in [1.807, 2.05) is 4.90 Å². The molecular weight excluding hydrogens is 284 g/mol. The van der Waals surface area contributed by atoms with Crippen molar-refractivity contribution < 1.29 is 19.1 Å². The number of carbonyl (C=O) groups excluding carboxylic acids is 2. The average Bonchev–Trinajstić information content (AvgIpc) is 2.95. The SMILES string of the molecule is COc1ccc(C(=O)NCCCN2CCCC2=O)c(OC)c1. The zero-order valence-electron chi connectivity index (χ0n) is 13.1. The number of hydrogen-bond acceptors (Lipinski definition) is 4. The van der Waals surface area contributed by atoms with E-state index in [0.717, 1.165) is 19.4 Å². The maximum absolute atomic E-state index is 12.2. The molecule has 2 rings (SSSR count). The molecule has 2 amide bonds. The molecule has 22 heavy (non-hydrogen) atoms. The van der Waals surface area contributed by atoms with Gasteiger partial charge in [0.25, 0.3) is 5.91 Å². The quantitative estimate of drug-likeness (QED) is 0.774. The molecular formula is C16H22N2O4. The van der Waals surface area contributed by atoms with Crippen molar-refractivity contribution in [1.82, 2.24) is 10.2 Å². The van der Waals surface area contributed by atoms with Gasteiger partial charge in [-0.15, -0.1) is 0 Å². The van der Waals surface area contributed by atoms with Crippen LogP contribution in [-0.4, -0.2) is 50.6 Å². The van der Waals surface area contributed by atoms with Crippen LogP contribution in [0.5, 0.6) is 11.5 Å². The van der Waals surface area contributed by atoms with Crippen molar-refractivity contribution in [3.05, 3.63) is 23.8 Å². The molecule has 0 spiro atoms. The minimum atomic E-state index is -0.188. The summed E-state index contributed by atoms with van der Waals surface area (Å²) in [4.78, 5) is 25.5. The maximum Gasteiger partial charge on any atom is 0.255 e. The molecule has 0 atom stereocenters. The first-order valence-corrected chi connectivity index (χ1v) is 7.43. The molecule has 6 heteroatoms. The second kappa shape index (κ2) is 7.68. The van der Waals surface area contributed by atoms with Gasteiger partial charge in [0, 0.05) is 32.1 Å². The second-order valence-electron chi connectivity index (χ2n) is 5.16. The van der Waals surface area contributed by atoms with E-state index in [9.17, 15) is 9.59 Å². The Morgan fingerprint density at radius 2 is 2.14 bits per heavy atom. The number of benzene rings is 1. The van der Waals surface area contributed by atoms with Gasteiger partial charge in [-0.1, -0.05) is 0 Å². The van der Waals surface area contributed by atoms with Crippen molar-refractivity contribution in [3.8, 4) is 11.5 Å². The van der Waals surface area contributed by atoms with Gasteiger partial charge in [-0.25, -0.2) is 0 Å². The van der Waals surface area contributed by atoms with Gasteiger partial charge in [-0.2, -0.15) is 0 Å². The Labute approximate surface area is 130 Å². The Hall–Kier alpha value is -2.24. The monoisotopic (exact) mass is 306 g/mol. The smallest absolute Gasteiger partial charge is 0.255 e. The lowest BCUT2D eigenvalue weighted by Gasteiger charge is -2.15. The van der Waals surface area contributed by atoms with Crippen LogP contribution in [0.3, 0.4) is 0 Å². The van der Waals surface area contributed by atoms with Crippen molar-refractivity contribution >= 4 is 11.8 Å². The summed E-state index contributed by atoms with van der Waals surface area (Å²) in [5, 5.41) is 2.85. The number of nitrogens with one attached hydrogen (secondary N) is 1. The van der Waals surface area contributed by atoms with Gasteiger partial charge in [0.2, 0.25) is 5.91 Å². The van der Waals surface area contributed by atoms with Crippen LogP contribution in [0.4, 0.5) is 0 Å². The highest BCUT2D eigenvalue weighted by molar-refractivity contribution is 5.97. The van der Waals surface area contributed by atoms with E-state index in [4.69, 9.17) is 9.47 Å². The van der Waals surface area contributed by atoms with Crippen LogP contribution >= 0.6 is 0 Å². The minimum absolute atomic E-state index is 0.188. The lowest BCUT2D eigenvalue weighted by Crippen LogP contribution is -2.30. The molecule has 0 radical (unpaired) electrons. The zero-order valence-corrected chi connectivity index (χ0v) is 13.1. The molecule has 120 valence electrons. The Bertz CT molecular complexity index is 545. The molecule has 0 unspecified atom stereocenters. The molecule has 0 aliphatic carbocycles. The number of hydrogen-bond donors (Lipinski definition) is 1. The van der Waals surface area contributed by atoms with Gasteiger partial charge in [-0.3, -0.25) is 9.59 Å². The molecule has 1 aromatic carbocycles. The molecule has 0 aromatic heterocycles. The van der Waals surface area contributed by atoms with Crippen molar-refractivity contribution in [3.63, 3.8) is 0 Å². The van der Waals surface area contributed by atoms with E-state index < -0.39 is 0 Å². The topological polar surface area (TPSA) is 67.9 Å². The van der Waals surface area contributed by atoms with Crippen molar-refractivity contribution in [2.75, 3.05) is 33.9 Å². The summed E-state index contributed by atoms with van der Waals surface area (Å²) in [5.41, 5.74) is 0.473. The van der Waals surface area contributed by atoms with E-state index in [0.29, 0.717) is 36.6 Å². The third kappa shape index (κ3) is 3.90. The summed E-state index contributed by atoms with van der Waals surface area (Å²) in [6.07, 6.45) is 2.33.